The minimum Gasteiger partial charge on any atom is -0.481 e. The first-order chi connectivity index (χ1) is 8.99. The highest BCUT2D eigenvalue weighted by Gasteiger charge is 2.37. The Bertz CT molecular complexity index is 381. The predicted molar refractivity (Wildman–Crippen MR) is 72.5 cm³/mol. The number of hydrogen-bond donors (Lipinski definition) is 1. The van der Waals surface area contributed by atoms with E-state index in [9.17, 15) is 14.7 Å². The normalized spacial score (nSPS) is 35.2. The number of allylic oxidation sites excluding steroid dienone is 2. The third-order valence-electron chi connectivity index (χ3n) is 4.25. The van der Waals surface area contributed by atoms with Gasteiger partial charge in [0.1, 0.15) is 0 Å². The van der Waals surface area contributed by atoms with Crippen molar-refractivity contribution in [2.24, 2.45) is 23.7 Å². The highest BCUT2D eigenvalue weighted by atomic mass is 16.4. The van der Waals surface area contributed by atoms with Crippen LogP contribution in [0.25, 0.3) is 0 Å². The van der Waals surface area contributed by atoms with E-state index in [0.29, 0.717) is 24.7 Å². The topological polar surface area (TPSA) is 57.6 Å². The molecule has 0 spiro atoms. The molecule has 1 fully saturated rings. The number of carboxylic acids is 1. The smallest absolute Gasteiger partial charge is 0.307 e. The van der Waals surface area contributed by atoms with Crippen LogP contribution in [0.4, 0.5) is 0 Å². The summed E-state index contributed by atoms with van der Waals surface area (Å²) in [7, 11) is 0. The van der Waals surface area contributed by atoms with E-state index in [-0.39, 0.29) is 11.8 Å². The maximum atomic E-state index is 12.6. The molecule has 0 aromatic rings. The van der Waals surface area contributed by atoms with E-state index in [1.807, 2.05) is 17.1 Å². The van der Waals surface area contributed by atoms with Crippen molar-refractivity contribution in [2.75, 3.05) is 13.1 Å². The fraction of sp³-hybridized carbons (Fsp3) is 0.733. The van der Waals surface area contributed by atoms with Crippen molar-refractivity contribution in [1.29, 1.82) is 0 Å². The van der Waals surface area contributed by atoms with Crippen LogP contribution in [-0.2, 0) is 9.59 Å². The number of carbonyl (C=O) groups excluding carboxylic acids is 1. The number of likely N-dealkylation sites (tertiary alicyclic amines) is 1. The van der Waals surface area contributed by atoms with Gasteiger partial charge in [-0.25, -0.2) is 0 Å². The van der Waals surface area contributed by atoms with Gasteiger partial charge in [-0.1, -0.05) is 26.0 Å². The van der Waals surface area contributed by atoms with Crippen molar-refractivity contribution in [3.05, 3.63) is 12.2 Å². The van der Waals surface area contributed by atoms with E-state index in [1.54, 1.807) is 0 Å². The first kappa shape index (κ1) is 14.1. The maximum Gasteiger partial charge on any atom is 0.307 e. The molecule has 1 N–H and O–H groups in total. The van der Waals surface area contributed by atoms with Crippen LogP contribution in [-0.4, -0.2) is 35.0 Å². The molecule has 2 aliphatic rings. The molecule has 1 heterocycles. The Morgan fingerprint density at radius 3 is 2.11 bits per heavy atom. The SMILES string of the molecule is C[C@@H]1C[C@@H](C)CN(C(=O)[C@@H]2CC=CC[C@@H]2C(=O)O)C1. The average molecular weight is 265 g/mol. The van der Waals surface area contributed by atoms with Crippen LogP contribution >= 0.6 is 0 Å². The van der Waals surface area contributed by atoms with Crippen molar-refractivity contribution in [3.63, 3.8) is 0 Å². The van der Waals surface area contributed by atoms with Crippen molar-refractivity contribution < 1.29 is 14.7 Å². The van der Waals surface area contributed by atoms with E-state index in [1.165, 1.54) is 0 Å². The molecule has 1 amide bonds. The van der Waals surface area contributed by atoms with E-state index in [4.69, 9.17) is 0 Å². The third kappa shape index (κ3) is 3.17. The summed E-state index contributed by atoms with van der Waals surface area (Å²) in [4.78, 5) is 25.8. The summed E-state index contributed by atoms with van der Waals surface area (Å²) in [6.45, 7) is 5.86. The lowest BCUT2D eigenvalue weighted by Crippen LogP contribution is -2.47. The monoisotopic (exact) mass is 265 g/mol. The summed E-state index contributed by atoms with van der Waals surface area (Å²) in [5, 5.41) is 9.26. The molecule has 4 atom stereocenters. The van der Waals surface area contributed by atoms with Gasteiger partial charge >= 0.3 is 5.97 Å². The number of nitrogens with zero attached hydrogens (tertiary/aromatic N) is 1. The number of piperidine rings is 1. The fourth-order valence-electron chi connectivity index (χ4n) is 3.44. The van der Waals surface area contributed by atoms with Gasteiger partial charge in [0.05, 0.1) is 11.8 Å². The largest absolute Gasteiger partial charge is 0.481 e. The molecule has 0 unspecified atom stereocenters. The number of rotatable bonds is 2. The molecule has 106 valence electrons. The molecule has 1 saturated heterocycles. The molecule has 0 aromatic carbocycles. The number of carboxylic acid groups (broad SMARTS) is 1. The molecule has 0 saturated carbocycles. The number of carbonyl (C=O) groups is 2. The molecule has 19 heavy (non-hydrogen) atoms. The zero-order valence-corrected chi connectivity index (χ0v) is 11.7. The average Bonchev–Trinajstić information content (AvgIpc) is 2.36. The number of aliphatic carboxylic acids is 1. The quantitative estimate of drug-likeness (QED) is 0.778. The minimum atomic E-state index is -0.846. The van der Waals surface area contributed by atoms with E-state index in [0.717, 1.165) is 19.5 Å². The molecular formula is C15H23NO3. The van der Waals surface area contributed by atoms with Crippen molar-refractivity contribution in [2.45, 2.75) is 33.1 Å². The molecular weight excluding hydrogens is 242 g/mol. The summed E-state index contributed by atoms with van der Waals surface area (Å²) < 4.78 is 0. The molecule has 4 nitrogen and oxygen atoms in total. The van der Waals surface area contributed by atoms with Crippen LogP contribution in [0.15, 0.2) is 12.2 Å². The van der Waals surface area contributed by atoms with E-state index in [2.05, 4.69) is 13.8 Å². The van der Waals surface area contributed by atoms with E-state index < -0.39 is 11.9 Å². The molecule has 4 heteroatoms. The molecule has 0 bridgehead atoms. The second kappa shape index (κ2) is 5.76. The van der Waals surface area contributed by atoms with Gasteiger partial charge in [-0.05, 0) is 31.1 Å². The molecule has 1 aliphatic heterocycles. The van der Waals surface area contributed by atoms with Crippen LogP contribution in [0.3, 0.4) is 0 Å². The third-order valence-corrected chi connectivity index (χ3v) is 4.25. The first-order valence-electron chi connectivity index (χ1n) is 7.15. The molecule has 2 rings (SSSR count). The summed E-state index contributed by atoms with van der Waals surface area (Å²) in [5.74, 6) is -0.716. The zero-order chi connectivity index (χ0) is 14.0. The van der Waals surface area contributed by atoms with Crippen molar-refractivity contribution >= 4 is 11.9 Å². The van der Waals surface area contributed by atoms with Crippen LogP contribution < -0.4 is 0 Å². The Morgan fingerprint density at radius 1 is 1.05 bits per heavy atom. The number of hydrogen-bond acceptors (Lipinski definition) is 2. The van der Waals surface area contributed by atoms with Gasteiger partial charge in [-0.3, -0.25) is 9.59 Å². The Hall–Kier alpha value is -1.32. The molecule has 0 aromatic heterocycles. The Morgan fingerprint density at radius 2 is 1.58 bits per heavy atom. The van der Waals surface area contributed by atoms with Gasteiger partial charge in [0.15, 0.2) is 0 Å². The Labute approximate surface area is 114 Å². The predicted octanol–water partition coefficient (Wildman–Crippen LogP) is 2.16. The summed E-state index contributed by atoms with van der Waals surface area (Å²) >= 11 is 0. The Balaban J connectivity index is 2.09. The van der Waals surface area contributed by atoms with Gasteiger partial charge in [0, 0.05) is 13.1 Å². The van der Waals surface area contributed by atoms with Crippen LogP contribution in [0.5, 0.6) is 0 Å². The lowest BCUT2D eigenvalue weighted by atomic mass is 9.81. The lowest BCUT2D eigenvalue weighted by molar-refractivity contribution is -0.151. The number of amides is 1. The van der Waals surface area contributed by atoms with Gasteiger partial charge in [-0.2, -0.15) is 0 Å². The zero-order valence-electron chi connectivity index (χ0n) is 11.7. The summed E-state index contributed by atoms with van der Waals surface area (Å²) in [6.07, 6.45) is 6.01. The highest BCUT2D eigenvalue weighted by Crippen LogP contribution is 2.30. The van der Waals surface area contributed by atoms with Crippen molar-refractivity contribution in [3.8, 4) is 0 Å². The van der Waals surface area contributed by atoms with Crippen LogP contribution in [0, 0.1) is 23.7 Å². The second-order valence-corrected chi connectivity index (χ2v) is 6.18. The van der Waals surface area contributed by atoms with Gasteiger partial charge < -0.3 is 10.0 Å². The first-order valence-corrected chi connectivity index (χ1v) is 7.15. The molecule has 0 radical (unpaired) electrons. The van der Waals surface area contributed by atoms with Crippen LogP contribution in [0.2, 0.25) is 0 Å². The second-order valence-electron chi connectivity index (χ2n) is 6.18. The maximum absolute atomic E-state index is 12.6. The fourth-order valence-corrected chi connectivity index (χ4v) is 3.44. The lowest BCUT2D eigenvalue weighted by Gasteiger charge is -2.38. The summed E-state index contributed by atoms with van der Waals surface area (Å²) in [6, 6.07) is 0. The minimum absolute atomic E-state index is 0.0372. The Kier molecular flexibility index (Phi) is 4.27. The standard InChI is InChI=1S/C15H23NO3/c1-10-7-11(2)9-16(8-10)14(17)12-5-3-4-6-13(12)15(18)19/h3-4,10-13H,5-9H2,1-2H3,(H,18,19)/t10-,11-,12-,13+/m1/s1. The van der Waals surface area contributed by atoms with Gasteiger partial charge in [-0.15, -0.1) is 0 Å². The summed E-state index contributed by atoms with van der Waals surface area (Å²) in [5.41, 5.74) is 0. The highest BCUT2D eigenvalue weighted by molar-refractivity contribution is 5.85. The molecule has 1 aliphatic carbocycles. The van der Waals surface area contributed by atoms with E-state index >= 15 is 0 Å². The van der Waals surface area contributed by atoms with Gasteiger partial charge in [0.2, 0.25) is 5.91 Å². The van der Waals surface area contributed by atoms with Crippen LogP contribution in [0.1, 0.15) is 33.1 Å². The van der Waals surface area contributed by atoms with Crippen molar-refractivity contribution in [1.82, 2.24) is 4.90 Å². The van der Waals surface area contributed by atoms with Gasteiger partial charge in [0.25, 0.3) is 0 Å².